The molecule has 1 aromatic heterocycles. The van der Waals surface area contributed by atoms with E-state index in [0.29, 0.717) is 58.7 Å². The van der Waals surface area contributed by atoms with Gasteiger partial charge in [-0.05, 0) is 50.1 Å². The molecular weight excluding hydrogens is 449 g/mol. The van der Waals surface area contributed by atoms with E-state index in [9.17, 15) is 13.2 Å². The maximum Gasteiger partial charge on any atom is 0.416 e. The highest BCUT2D eigenvalue weighted by molar-refractivity contribution is 5.92. The molecule has 1 saturated heterocycles. The van der Waals surface area contributed by atoms with Gasteiger partial charge in [0, 0.05) is 29.7 Å². The molecule has 1 aliphatic rings. The van der Waals surface area contributed by atoms with Gasteiger partial charge in [0.05, 0.1) is 37.4 Å². The Balaban J connectivity index is 1.67. The lowest BCUT2D eigenvalue weighted by atomic mass is 10.0. The van der Waals surface area contributed by atoms with Crippen LogP contribution in [-0.4, -0.2) is 36.9 Å². The fourth-order valence-electron chi connectivity index (χ4n) is 3.94. The van der Waals surface area contributed by atoms with Gasteiger partial charge in [-0.3, -0.25) is 0 Å². The molecular formula is C24H27F3N4O3. The second kappa shape index (κ2) is 9.54. The number of halogens is 3. The first-order chi connectivity index (χ1) is 16.1. The van der Waals surface area contributed by atoms with Crippen LogP contribution in [0.5, 0.6) is 11.5 Å². The summed E-state index contributed by atoms with van der Waals surface area (Å²) >= 11 is 0. The van der Waals surface area contributed by atoms with Crippen molar-refractivity contribution in [1.82, 2.24) is 9.97 Å². The molecule has 0 aliphatic carbocycles. The number of fused-ring (bicyclic) bond motifs is 1. The lowest BCUT2D eigenvalue weighted by Gasteiger charge is -2.20. The monoisotopic (exact) mass is 476 g/mol. The van der Waals surface area contributed by atoms with Gasteiger partial charge in [0.1, 0.15) is 11.6 Å². The predicted octanol–water partition coefficient (Wildman–Crippen LogP) is 5.14. The number of nitrogens with zero attached hydrogens (tertiary/aromatic N) is 2. The molecule has 4 rings (SSSR count). The van der Waals surface area contributed by atoms with Crippen molar-refractivity contribution in [3.05, 3.63) is 47.3 Å². The molecule has 1 aliphatic heterocycles. The Morgan fingerprint density at radius 1 is 1.18 bits per heavy atom. The van der Waals surface area contributed by atoms with E-state index in [0.717, 1.165) is 25.2 Å². The number of anilines is 2. The number of rotatable bonds is 7. The van der Waals surface area contributed by atoms with Crippen LogP contribution < -0.4 is 20.5 Å². The van der Waals surface area contributed by atoms with Crippen LogP contribution in [-0.2, 0) is 10.9 Å². The maximum absolute atomic E-state index is 13.3. The van der Waals surface area contributed by atoms with Gasteiger partial charge in [-0.2, -0.15) is 13.2 Å². The second-order valence-electron chi connectivity index (χ2n) is 8.43. The number of ether oxygens (including phenoxy) is 3. The van der Waals surface area contributed by atoms with Crippen molar-refractivity contribution in [3.8, 4) is 11.5 Å². The van der Waals surface area contributed by atoms with Crippen LogP contribution in [0.4, 0.5) is 24.7 Å². The topological polar surface area (TPSA) is 91.5 Å². The van der Waals surface area contributed by atoms with Crippen LogP contribution in [0.25, 0.3) is 10.9 Å². The van der Waals surface area contributed by atoms with E-state index in [1.807, 2.05) is 0 Å². The molecule has 2 heterocycles. The average Bonchev–Trinajstić information content (AvgIpc) is 3.29. The van der Waals surface area contributed by atoms with Crippen LogP contribution in [0.2, 0.25) is 0 Å². The van der Waals surface area contributed by atoms with Crippen LogP contribution >= 0.6 is 0 Å². The quantitative estimate of drug-likeness (QED) is 0.457. The smallest absolute Gasteiger partial charge is 0.416 e. The number of hydrogen-bond acceptors (Lipinski definition) is 7. The van der Waals surface area contributed by atoms with Crippen molar-refractivity contribution >= 4 is 22.4 Å². The predicted molar refractivity (Wildman–Crippen MR) is 123 cm³/mol. The number of benzene rings is 2. The van der Waals surface area contributed by atoms with Gasteiger partial charge in [0.2, 0.25) is 0 Å². The molecule has 3 aromatic rings. The lowest BCUT2D eigenvalue weighted by Crippen LogP contribution is -2.13. The number of alkyl halides is 3. The molecule has 1 fully saturated rings. The van der Waals surface area contributed by atoms with E-state index in [1.54, 1.807) is 33.1 Å². The van der Waals surface area contributed by atoms with E-state index in [4.69, 9.17) is 19.9 Å². The lowest BCUT2D eigenvalue weighted by molar-refractivity contribution is -0.137. The van der Waals surface area contributed by atoms with Crippen LogP contribution in [0.1, 0.15) is 36.3 Å². The summed E-state index contributed by atoms with van der Waals surface area (Å²) in [7, 11) is 1.56. The fraction of sp³-hybridized carbons (Fsp3) is 0.417. The van der Waals surface area contributed by atoms with Gasteiger partial charge in [-0.15, -0.1) is 0 Å². The molecule has 34 heavy (non-hydrogen) atoms. The Hall–Kier alpha value is -3.27. The first kappa shape index (κ1) is 23.9. The number of nitrogens with two attached hydrogens (primary N) is 1. The molecule has 0 radical (unpaired) electrons. The van der Waals surface area contributed by atoms with E-state index >= 15 is 0 Å². The first-order valence-electron chi connectivity index (χ1n) is 10.9. The molecule has 0 amide bonds. The highest BCUT2D eigenvalue weighted by Gasteiger charge is 2.31. The van der Waals surface area contributed by atoms with Crippen molar-refractivity contribution in [2.24, 2.45) is 5.92 Å². The Kier molecular flexibility index (Phi) is 6.70. The van der Waals surface area contributed by atoms with Gasteiger partial charge in [0.25, 0.3) is 0 Å². The fourth-order valence-corrected chi connectivity index (χ4v) is 3.94. The molecule has 10 heteroatoms. The zero-order valence-corrected chi connectivity index (χ0v) is 19.2. The Morgan fingerprint density at radius 3 is 2.65 bits per heavy atom. The number of nitrogens with one attached hydrogen (secondary N) is 1. The highest BCUT2D eigenvalue weighted by atomic mass is 19.4. The maximum atomic E-state index is 13.3. The summed E-state index contributed by atoms with van der Waals surface area (Å²) in [6.07, 6.45) is -3.56. The van der Waals surface area contributed by atoms with Gasteiger partial charge in [-0.1, -0.05) is 0 Å². The number of methoxy groups -OCH3 is 1. The minimum absolute atomic E-state index is 0.0403. The van der Waals surface area contributed by atoms with Crippen LogP contribution in [0.3, 0.4) is 0 Å². The van der Waals surface area contributed by atoms with Crippen molar-refractivity contribution < 1.29 is 27.4 Å². The SMILES string of the molecule is COc1cc2nc(C)nc(N[C@H](C)c3cc(N)cc(C(F)(F)F)c3)c2cc1OC[C@H]1CCOC1. The molecule has 2 aromatic carbocycles. The molecule has 0 unspecified atom stereocenters. The van der Waals surface area contributed by atoms with Gasteiger partial charge >= 0.3 is 6.18 Å². The molecule has 182 valence electrons. The van der Waals surface area contributed by atoms with Crippen molar-refractivity contribution in [2.75, 3.05) is 38.0 Å². The largest absolute Gasteiger partial charge is 0.493 e. The third kappa shape index (κ3) is 5.27. The summed E-state index contributed by atoms with van der Waals surface area (Å²) in [6.45, 7) is 5.36. The third-order valence-electron chi connectivity index (χ3n) is 5.75. The summed E-state index contributed by atoms with van der Waals surface area (Å²) in [5.74, 6) is 2.36. The molecule has 3 N–H and O–H groups in total. The number of hydrogen-bond donors (Lipinski definition) is 2. The summed E-state index contributed by atoms with van der Waals surface area (Å²) in [6, 6.07) is 6.58. The molecule has 0 spiro atoms. The van der Waals surface area contributed by atoms with Crippen molar-refractivity contribution in [3.63, 3.8) is 0 Å². The molecule has 0 saturated carbocycles. The normalized spacial score (nSPS) is 17.1. The van der Waals surface area contributed by atoms with Gasteiger partial charge in [-0.25, -0.2) is 9.97 Å². The van der Waals surface area contributed by atoms with Gasteiger partial charge < -0.3 is 25.3 Å². The summed E-state index contributed by atoms with van der Waals surface area (Å²) < 4.78 is 56.7. The minimum atomic E-state index is -4.49. The molecule has 0 bridgehead atoms. The van der Waals surface area contributed by atoms with E-state index in [2.05, 4.69) is 15.3 Å². The molecule has 2 atom stereocenters. The highest BCUT2D eigenvalue weighted by Crippen LogP contribution is 2.37. The second-order valence-corrected chi connectivity index (χ2v) is 8.43. The molecule has 7 nitrogen and oxygen atoms in total. The van der Waals surface area contributed by atoms with Crippen molar-refractivity contribution in [1.29, 1.82) is 0 Å². The number of nitrogen functional groups attached to an aromatic ring is 1. The van der Waals surface area contributed by atoms with E-state index in [1.165, 1.54) is 6.07 Å². The standard InChI is InChI=1S/C24H27F3N4O3/c1-13(16-6-17(24(25,26)27)8-18(28)7-16)29-23-19-9-22(34-12-15-4-5-33-11-15)21(32-3)10-20(19)30-14(2)31-23/h6-10,13,15H,4-5,11-12,28H2,1-3H3,(H,29,30,31)/t13-,15+/m1/s1. The number of aromatic nitrogens is 2. The zero-order valence-electron chi connectivity index (χ0n) is 19.2. The zero-order chi connectivity index (χ0) is 24.5. The number of aryl methyl sites for hydroxylation is 1. The van der Waals surface area contributed by atoms with E-state index in [-0.39, 0.29) is 5.69 Å². The Labute approximate surface area is 195 Å². The van der Waals surface area contributed by atoms with Crippen LogP contribution in [0, 0.1) is 12.8 Å². The minimum Gasteiger partial charge on any atom is -0.493 e. The van der Waals surface area contributed by atoms with Crippen LogP contribution in [0.15, 0.2) is 30.3 Å². The summed E-state index contributed by atoms with van der Waals surface area (Å²) in [5, 5.41) is 3.88. The Morgan fingerprint density at radius 2 is 1.97 bits per heavy atom. The summed E-state index contributed by atoms with van der Waals surface area (Å²) in [4.78, 5) is 8.99. The van der Waals surface area contributed by atoms with Gasteiger partial charge in [0.15, 0.2) is 11.5 Å². The summed E-state index contributed by atoms with van der Waals surface area (Å²) in [5.41, 5.74) is 6.01. The third-order valence-corrected chi connectivity index (χ3v) is 5.75. The first-order valence-corrected chi connectivity index (χ1v) is 10.9. The van der Waals surface area contributed by atoms with Crippen molar-refractivity contribution in [2.45, 2.75) is 32.5 Å². The van der Waals surface area contributed by atoms with E-state index < -0.39 is 17.8 Å². The average molecular weight is 476 g/mol. The Bertz CT molecular complexity index is 1180.